The highest BCUT2D eigenvalue weighted by Gasteiger charge is 2.06. The second-order valence-electron chi connectivity index (χ2n) is 3.47. The van der Waals surface area contributed by atoms with Crippen molar-refractivity contribution in [2.24, 2.45) is 0 Å². The van der Waals surface area contributed by atoms with Crippen LogP contribution in [0.15, 0.2) is 48.5 Å². The molecule has 0 heterocycles. The standard InChI is InChI=1S/C13H9I2NO/c14-10-4-1-3-9(7-10)13(17)16-12-6-2-5-11(15)8-12/h1-8H,(H,16,17). The second kappa shape index (κ2) is 5.81. The summed E-state index contributed by atoms with van der Waals surface area (Å²) in [6.07, 6.45) is 0. The van der Waals surface area contributed by atoms with Crippen LogP contribution < -0.4 is 5.32 Å². The van der Waals surface area contributed by atoms with E-state index in [1.165, 1.54) is 0 Å². The van der Waals surface area contributed by atoms with Crippen LogP contribution in [0.4, 0.5) is 5.69 Å². The second-order valence-corrected chi connectivity index (χ2v) is 5.97. The van der Waals surface area contributed by atoms with E-state index in [4.69, 9.17) is 0 Å². The fourth-order valence-corrected chi connectivity index (χ4v) is 2.49. The van der Waals surface area contributed by atoms with Crippen LogP contribution in [0.1, 0.15) is 10.4 Å². The number of hydrogen-bond acceptors (Lipinski definition) is 1. The average Bonchev–Trinajstić information content (AvgIpc) is 2.29. The van der Waals surface area contributed by atoms with Crippen molar-refractivity contribution in [3.05, 3.63) is 61.2 Å². The van der Waals surface area contributed by atoms with E-state index in [0.717, 1.165) is 12.8 Å². The van der Waals surface area contributed by atoms with Gasteiger partial charge in [0.05, 0.1) is 0 Å². The molecule has 0 aliphatic heterocycles. The third kappa shape index (κ3) is 3.67. The highest BCUT2D eigenvalue weighted by atomic mass is 127. The fraction of sp³-hybridized carbons (Fsp3) is 0. The summed E-state index contributed by atoms with van der Waals surface area (Å²) < 4.78 is 2.15. The van der Waals surface area contributed by atoms with E-state index in [1.807, 2.05) is 48.5 Å². The molecule has 86 valence electrons. The van der Waals surface area contributed by atoms with Crippen molar-refractivity contribution in [3.63, 3.8) is 0 Å². The van der Waals surface area contributed by atoms with Crippen LogP contribution in [0, 0.1) is 7.14 Å². The number of rotatable bonds is 2. The first-order valence-corrected chi connectivity index (χ1v) is 7.13. The van der Waals surface area contributed by atoms with Gasteiger partial charge in [-0.2, -0.15) is 0 Å². The monoisotopic (exact) mass is 449 g/mol. The van der Waals surface area contributed by atoms with Crippen molar-refractivity contribution >= 4 is 56.8 Å². The Labute approximate surface area is 127 Å². The third-order valence-corrected chi connectivity index (χ3v) is 3.51. The highest BCUT2D eigenvalue weighted by molar-refractivity contribution is 14.1. The van der Waals surface area contributed by atoms with Gasteiger partial charge >= 0.3 is 0 Å². The summed E-state index contributed by atoms with van der Waals surface area (Å²) >= 11 is 4.41. The molecule has 0 aromatic heterocycles. The minimum absolute atomic E-state index is 0.0782. The van der Waals surface area contributed by atoms with E-state index in [-0.39, 0.29) is 5.91 Å². The number of hydrogen-bond donors (Lipinski definition) is 1. The van der Waals surface area contributed by atoms with E-state index in [0.29, 0.717) is 5.56 Å². The van der Waals surface area contributed by atoms with Gasteiger partial charge in [0.25, 0.3) is 5.91 Å². The molecule has 0 saturated heterocycles. The zero-order valence-electron chi connectivity index (χ0n) is 8.78. The Balaban J connectivity index is 2.17. The van der Waals surface area contributed by atoms with Gasteiger partial charge in [0.1, 0.15) is 0 Å². The molecule has 0 spiro atoms. The summed E-state index contributed by atoms with van der Waals surface area (Å²) in [6.45, 7) is 0. The maximum atomic E-state index is 12.0. The summed E-state index contributed by atoms with van der Waals surface area (Å²) in [5, 5.41) is 2.88. The highest BCUT2D eigenvalue weighted by Crippen LogP contribution is 2.14. The van der Waals surface area contributed by atoms with Crippen LogP contribution in [0.25, 0.3) is 0 Å². The smallest absolute Gasteiger partial charge is 0.255 e. The van der Waals surface area contributed by atoms with Gasteiger partial charge < -0.3 is 5.32 Å². The molecular weight excluding hydrogens is 440 g/mol. The van der Waals surface area contributed by atoms with E-state index >= 15 is 0 Å². The van der Waals surface area contributed by atoms with Crippen molar-refractivity contribution < 1.29 is 4.79 Å². The molecule has 0 saturated carbocycles. The van der Waals surface area contributed by atoms with Crippen molar-refractivity contribution in [1.29, 1.82) is 0 Å². The number of anilines is 1. The number of nitrogens with one attached hydrogen (secondary N) is 1. The first-order valence-electron chi connectivity index (χ1n) is 4.97. The van der Waals surface area contributed by atoms with Crippen molar-refractivity contribution in [2.75, 3.05) is 5.32 Å². The topological polar surface area (TPSA) is 29.1 Å². The maximum absolute atomic E-state index is 12.0. The van der Waals surface area contributed by atoms with Crippen LogP contribution >= 0.6 is 45.2 Å². The molecule has 0 aliphatic rings. The summed E-state index contributed by atoms with van der Waals surface area (Å²) in [7, 11) is 0. The van der Waals surface area contributed by atoms with E-state index < -0.39 is 0 Å². The molecule has 1 amide bonds. The lowest BCUT2D eigenvalue weighted by Crippen LogP contribution is -2.11. The van der Waals surface area contributed by atoms with Gasteiger partial charge in [-0.25, -0.2) is 0 Å². The molecule has 2 nitrogen and oxygen atoms in total. The van der Waals surface area contributed by atoms with Gasteiger partial charge in [-0.1, -0.05) is 12.1 Å². The quantitative estimate of drug-likeness (QED) is 0.687. The Morgan fingerprint density at radius 3 is 2.24 bits per heavy atom. The number of carbonyl (C=O) groups excluding carboxylic acids is 1. The van der Waals surface area contributed by atoms with Crippen LogP contribution in [0.2, 0.25) is 0 Å². The van der Waals surface area contributed by atoms with Gasteiger partial charge in [-0.05, 0) is 81.6 Å². The summed E-state index contributed by atoms with van der Waals surface area (Å²) in [5.41, 5.74) is 1.50. The van der Waals surface area contributed by atoms with Crippen molar-refractivity contribution in [3.8, 4) is 0 Å². The molecule has 0 radical (unpaired) electrons. The van der Waals surface area contributed by atoms with Crippen molar-refractivity contribution in [1.82, 2.24) is 0 Å². The molecule has 0 aliphatic carbocycles. The average molecular weight is 449 g/mol. The van der Waals surface area contributed by atoms with Crippen molar-refractivity contribution in [2.45, 2.75) is 0 Å². The zero-order chi connectivity index (χ0) is 12.3. The summed E-state index contributed by atoms with van der Waals surface area (Å²) in [4.78, 5) is 12.0. The van der Waals surface area contributed by atoms with E-state index in [2.05, 4.69) is 50.5 Å². The van der Waals surface area contributed by atoms with Crippen LogP contribution in [-0.2, 0) is 0 Å². The lowest BCUT2D eigenvalue weighted by atomic mass is 10.2. The maximum Gasteiger partial charge on any atom is 0.255 e. The van der Waals surface area contributed by atoms with Gasteiger partial charge in [0.2, 0.25) is 0 Å². The summed E-state index contributed by atoms with van der Waals surface area (Å²) in [6, 6.07) is 15.2. The van der Waals surface area contributed by atoms with Crippen LogP contribution in [-0.4, -0.2) is 5.91 Å². The van der Waals surface area contributed by atoms with E-state index in [1.54, 1.807) is 0 Å². The number of benzene rings is 2. The van der Waals surface area contributed by atoms with Gasteiger partial charge in [-0.3, -0.25) is 4.79 Å². The summed E-state index contributed by atoms with van der Waals surface area (Å²) in [5.74, 6) is -0.0782. The SMILES string of the molecule is O=C(Nc1cccc(I)c1)c1cccc(I)c1. The first kappa shape index (κ1) is 12.8. The fourth-order valence-electron chi connectivity index (χ4n) is 1.40. The van der Waals surface area contributed by atoms with E-state index in [9.17, 15) is 4.79 Å². The number of carbonyl (C=O) groups is 1. The largest absolute Gasteiger partial charge is 0.322 e. The molecular formula is C13H9I2NO. The molecule has 2 aromatic rings. The Bertz CT molecular complexity index is 555. The Hall–Kier alpha value is -0.630. The zero-order valence-corrected chi connectivity index (χ0v) is 13.1. The third-order valence-electron chi connectivity index (χ3n) is 2.17. The van der Waals surface area contributed by atoms with Gasteiger partial charge in [-0.15, -0.1) is 0 Å². The Morgan fingerprint density at radius 1 is 0.941 bits per heavy atom. The molecule has 0 atom stereocenters. The first-order chi connectivity index (χ1) is 8.15. The number of halogens is 2. The predicted molar refractivity (Wildman–Crippen MR) is 86.3 cm³/mol. The minimum atomic E-state index is -0.0782. The lowest BCUT2D eigenvalue weighted by molar-refractivity contribution is 0.102. The molecule has 2 aromatic carbocycles. The lowest BCUT2D eigenvalue weighted by Gasteiger charge is -2.05. The molecule has 0 bridgehead atoms. The Kier molecular flexibility index (Phi) is 4.38. The molecule has 0 unspecified atom stereocenters. The molecule has 0 fully saturated rings. The molecule has 17 heavy (non-hydrogen) atoms. The van der Waals surface area contributed by atoms with Crippen LogP contribution in [0.3, 0.4) is 0 Å². The molecule has 1 N–H and O–H groups in total. The minimum Gasteiger partial charge on any atom is -0.322 e. The number of amides is 1. The van der Waals surface area contributed by atoms with Crippen LogP contribution in [0.5, 0.6) is 0 Å². The predicted octanol–water partition coefficient (Wildman–Crippen LogP) is 4.15. The molecule has 4 heteroatoms. The normalized spacial score (nSPS) is 10.0. The van der Waals surface area contributed by atoms with Gasteiger partial charge in [0, 0.05) is 18.4 Å². The Morgan fingerprint density at radius 2 is 1.59 bits per heavy atom. The molecule has 2 rings (SSSR count). The van der Waals surface area contributed by atoms with Gasteiger partial charge in [0.15, 0.2) is 0 Å².